The third kappa shape index (κ3) is 7.37. The normalized spacial score (nSPS) is 12.7. The Bertz CT molecular complexity index is 812. The van der Waals surface area contributed by atoms with E-state index >= 15 is 0 Å². The molecule has 2 amide bonds. The Morgan fingerprint density at radius 2 is 1.72 bits per heavy atom. The second kappa shape index (κ2) is 11.2. The maximum absolute atomic E-state index is 12.9. The van der Waals surface area contributed by atoms with Crippen molar-refractivity contribution in [1.29, 1.82) is 0 Å². The van der Waals surface area contributed by atoms with Crippen LogP contribution in [0.25, 0.3) is 0 Å². The maximum atomic E-state index is 12.9. The van der Waals surface area contributed by atoms with Crippen LogP contribution >= 0.6 is 27.5 Å². The lowest BCUT2D eigenvalue weighted by Gasteiger charge is -2.29. The van der Waals surface area contributed by atoms with Crippen LogP contribution in [0.1, 0.15) is 32.8 Å². The summed E-state index contributed by atoms with van der Waals surface area (Å²) in [7, 11) is 0. The summed E-state index contributed by atoms with van der Waals surface area (Å²) < 4.78 is 6.55. The first kappa shape index (κ1) is 23.2. The van der Waals surface area contributed by atoms with E-state index in [9.17, 15) is 9.59 Å². The van der Waals surface area contributed by atoms with Gasteiger partial charge in [-0.2, -0.15) is 0 Å². The van der Waals surface area contributed by atoms with Crippen LogP contribution in [0.15, 0.2) is 53.0 Å². The molecule has 1 N–H and O–H groups in total. The van der Waals surface area contributed by atoms with E-state index in [2.05, 4.69) is 21.2 Å². The van der Waals surface area contributed by atoms with Crippen molar-refractivity contribution in [2.75, 3.05) is 6.61 Å². The van der Waals surface area contributed by atoms with Gasteiger partial charge in [-0.1, -0.05) is 46.6 Å². The molecule has 0 fully saturated rings. The average molecular weight is 482 g/mol. The monoisotopic (exact) mass is 480 g/mol. The summed E-state index contributed by atoms with van der Waals surface area (Å²) in [4.78, 5) is 27.1. The number of carbonyl (C=O) groups is 2. The van der Waals surface area contributed by atoms with Crippen LogP contribution in [-0.4, -0.2) is 35.4 Å². The van der Waals surface area contributed by atoms with Gasteiger partial charge in [0.15, 0.2) is 6.61 Å². The summed E-state index contributed by atoms with van der Waals surface area (Å²) in [6.45, 7) is 5.79. The number of carbonyl (C=O) groups excluding carboxylic acids is 2. The summed E-state index contributed by atoms with van der Waals surface area (Å²) >= 11 is 9.32. The minimum Gasteiger partial charge on any atom is -0.484 e. The van der Waals surface area contributed by atoms with Crippen LogP contribution in [-0.2, 0) is 16.1 Å². The Kier molecular flexibility index (Phi) is 8.99. The molecule has 0 aliphatic carbocycles. The van der Waals surface area contributed by atoms with Gasteiger partial charge in [0.2, 0.25) is 5.91 Å². The standard InChI is InChI=1S/C22H26BrClN2O3/c1-4-15(2)25-22(28)16(3)26(13-17-5-9-19(24)10-6-17)21(27)14-29-20-11-7-18(23)8-12-20/h5-12,15-16H,4,13-14H2,1-3H3,(H,25,28)/t15-,16+/m1/s1. The first-order valence-electron chi connectivity index (χ1n) is 9.52. The van der Waals surface area contributed by atoms with E-state index in [1.54, 1.807) is 31.2 Å². The van der Waals surface area contributed by atoms with E-state index in [0.717, 1.165) is 16.5 Å². The van der Waals surface area contributed by atoms with Crippen LogP contribution < -0.4 is 10.1 Å². The lowest BCUT2D eigenvalue weighted by atomic mass is 10.1. The highest BCUT2D eigenvalue weighted by Crippen LogP contribution is 2.17. The Morgan fingerprint density at radius 1 is 1.10 bits per heavy atom. The van der Waals surface area contributed by atoms with Crippen LogP contribution in [0.3, 0.4) is 0 Å². The van der Waals surface area contributed by atoms with Gasteiger partial charge in [0, 0.05) is 22.1 Å². The largest absolute Gasteiger partial charge is 0.484 e. The molecule has 0 heterocycles. The van der Waals surface area contributed by atoms with Crippen molar-refractivity contribution in [2.45, 2.75) is 45.8 Å². The second-order valence-corrected chi connectivity index (χ2v) is 8.24. The summed E-state index contributed by atoms with van der Waals surface area (Å²) in [5.74, 6) is 0.129. The van der Waals surface area contributed by atoms with Crippen LogP contribution in [0.2, 0.25) is 5.02 Å². The minimum absolute atomic E-state index is 0.0384. The molecule has 2 rings (SSSR count). The molecule has 2 atom stereocenters. The molecule has 156 valence electrons. The fourth-order valence-corrected chi connectivity index (χ4v) is 2.98. The van der Waals surface area contributed by atoms with Gasteiger partial charge in [0.1, 0.15) is 11.8 Å². The van der Waals surface area contributed by atoms with E-state index < -0.39 is 6.04 Å². The first-order valence-corrected chi connectivity index (χ1v) is 10.7. The number of halogens is 2. The Morgan fingerprint density at radius 3 is 2.31 bits per heavy atom. The van der Waals surface area contributed by atoms with Crippen molar-refractivity contribution in [2.24, 2.45) is 0 Å². The number of rotatable bonds is 9. The maximum Gasteiger partial charge on any atom is 0.261 e. The van der Waals surface area contributed by atoms with E-state index in [4.69, 9.17) is 16.3 Å². The predicted molar refractivity (Wildman–Crippen MR) is 119 cm³/mol. The van der Waals surface area contributed by atoms with E-state index in [-0.39, 0.29) is 31.0 Å². The van der Waals surface area contributed by atoms with Crippen molar-refractivity contribution in [3.63, 3.8) is 0 Å². The number of nitrogens with zero attached hydrogens (tertiary/aromatic N) is 1. The molecular formula is C22H26BrClN2O3. The quantitative estimate of drug-likeness (QED) is 0.559. The number of hydrogen-bond donors (Lipinski definition) is 1. The number of amides is 2. The highest BCUT2D eigenvalue weighted by Gasteiger charge is 2.27. The third-order valence-electron chi connectivity index (χ3n) is 4.61. The minimum atomic E-state index is -0.638. The van der Waals surface area contributed by atoms with Gasteiger partial charge in [-0.25, -0.2) is 0 Å². The zero-order valence-electron chi connectivity index (χ0n) is 16.8. The molecule has 29 heavy (non-hydrogen) atoms. The zero-order valence-corrected chi connectivity index (χ0v) is 19.2. The molecule has 0 aliphatic heterocycles. The van der Waals surface area contributed by atoms with Crippen LogP contribution in [0, 0.1) is 0 Å². The predicted octanol–water partition coefficient (Wildman–Crippen LogP) is 4.81. The van der Waals surface area contributed by atoms with E-state index in [1.165, 1.54) is 4.90 Å². The van der Waals surface area contributed by atoms with Crippen LogP contribution in [0.4, 0.5) is 0 Å². The molecule has 0 aliphatic rings. The molecule has 7 heteroatoms. The number of hydrogen-bond acceptors (Lipinski definition) is 3. The lowest BCUT2D eigenvalue weighted by Crippen LogP contribution is -2.50. The molecule has 5 nitrogen and oxygen atoms in total. The Labute approximate surface area is 185 Å². The summed E-state index contributed by atoms with van der Waals surface area (Å²) in [5.41, 5.74) is 0.884. The molecule has 0 saturated carbocycles. The van der Waals surface area contributed by atoms with E-state index in [0.29, 0.717) is 10.8 Å². The molecule has 0 radical (unpaired) electrons. The zero-order chi connectivity index (χ0) is 21.4. The van der Waals surface area contributed by atoms with Crippen molar-refractivity contribution in [1.82, 2.24) is 10.2 Å². The fraction of sp³-hybridized carbons (Fsp3) is 0.364. The van der Waals surface area contributed by atoms with E-state index in [1.807, 2.05) is 38.1 Å². The second-order valence-electron chi connectivity index (χ2n) is 6.88. The van der Waals surface area contributed by atoms with Gasteiger partial charge in [-0.05, 0) is 62.2 Å². The van der Waals surface area contributed by atoms with Gasteiger partial charge < -0.3 is 15.0 Å². The SMILES string of the molecule is CC[C@@H](C)NC(=O)[C@H](C)N(Cc1ccc(Cl)cc1)C(=O)COc1ccc(Br)cc1. The highest BCUT2D eigenvalue weighted by molar-refractivity contribution is 9.10. The molecule has 0 unspecified atom stereocenters. The van der Waals surface area contributed by atoms with Gasteiger partial charge in [0.05, 0.1) is 0 Å². The molecule has 0 spiro atoms. The molecule has 2 aromatic carbocycles. The topological polar surface area (TPSA) is 58.6 Å². The molecule has 0 bridgehead atoms. The Hall–Kier alpha value is -2.05. The molecule has 0 saturated heterocycles. The first-order chi connectivity index (χ1) is 13.8. The average Bonchev–Trinajstić information content (AvgIpc) is 2.72. The molecule has 2 aromatic rings. The smallest absolute Gasteiger partial charge is 0.261 e. The number of nitrogens with one attached hydrogen (secondary N) is 1. The van der Waals surface area contributed by atoms with Crippen molar-refractivity contribution < 1.29 is 14.3 Å². The molecule has 0 aromatic heterocycles. The highest BCUT2D eigenvalue weighted by atomic mass is 79.9. The van der Waals surface area contributed by atoms with Crippen molar-refractivity contribution in [3.05, 3.63) is 63.6 Å². The summed E-state index contributed by atoms with van der Waals surface area (Å²) in [5, 5.41) is 3.56. The number of benzene rings is 2. The summed E-state index contributed by atoms with van der Waals surface area (Å²) in [6.07, 6.45) is 0.816. The van der Waals surface area contributed by atoms with Crippen molar-refractivity contribution in [3.8, 4) is 5.75 Å². The molecular weight excluding hydrogens is 456 g/mol. The number of ether oxygens (including phenoxy) is 1. The third-order valence-corrected chi connectivity index (χ3v) is 5.39. The van der Waals surface area contributed by atoms with Gasteiger partial charge >= 0.3 is 0 Å². The van der Waals surface area contributed by atoms with Gasteiger partial charge in [-0.3, -0.25) is 9.59 Å². The van der Waals surface area contributed by atoms with Crippen LogP contribution in [0.5, 0.6) is 5.75 Å². The Balaban J connectivity index is 2.13. The summed E-state index contributed by atoms with van der Waals surface area (Å²) in [6, 6.07) is 13.9. The van der Waals surface area contributed by atoms with Gasteiger partial charge in [0.25, 0.3) is 5.91 Å². The van der Waals surface area contributed by atoms with Crippen molar-refractivity contribution >= 4 is 39.3 Å². The fourth-order valence-electron chi connectivity index (χ4n) is 2.59. The lowest BCUT2D eigenvalue weighted by molar-refractivity contribution is -0.142. The van der Waals surface area contributed by atoms with Gasteiger partial charge in [-0.15, -0.1) is 0 Å².